The molecule has 3 nitrogen and oxygen atoms in total. The second-order valence-corrected chi connectivity index (χ2v) is 4.57. The fourth-order valence-electron chi connectivity index (χ4n) is 2.15. The number of ether oxygens (including phenoxy) is 1. The fourth-order valence-corrected chi connectivity index (χ4v) is 2.15. The standard InChI is InChI=1S/C14H13F3O3/c1-8(13(18)19)10-3-2-6-20-12-7-9(14(15,16)17)4-5-11(10)12/h4-5,7H,2-3,6H2,1H3,(H,18,19)/b10-8+. The summed E-state index contributed by atoms with van der Waals surface area (Å²) in [7, 11) is 0. The van der Waals surface area contributed by atoms with Gasteiger partial charge in [-0.15, -0.1) is 0 Å². The molecular weight excluding hydrogens is 273 g/mol. The van der Waals surface area contributed by atoms with E-state index in [-0.39, 0.29) is 17.9 Å². The van der Waals surface area contributed by atoms with E-state index in [9.17, 15) is 18.0 Å². The molecule has 0 spiro atoms. The minimum absolute atomic E-state index is 0.0907. The summed E-state index contributed by atoms with van der Waals surface area (Å²) in [5.74, 6) is -0.985. The average molecular weight is 286 g/mol. The van der Waals surface area contributed by atoms with Crippen LogP contribution in [0.15, 0.2) is 23.8 Å². The highest BCUT2D eigenvalue weighted by Gasteiger charge is 2.32. The monoisotopic (exact) mass is 286 g/mol. The van der Waals surface area contributed by atoms with Gasteiger partial charge in [0, 0.05) is 11.1 Å². The largest absolute Gasteiger partial charge is 0.493 e. The lowest BCUT2D eigenvalue weighted by atomic mass is 9.95. The summed E-state index contributed by atoms with van der Waals surface area (Å²) in [6, 6.07) is 3.16. The molecule has 0 aliphatic carbocycles. The van der Waals surface area contributed by atoms with E-state index in [0.717, 1.165) is 12.1 Å². The SMILES string of the molecule is C/C(C(=O)O)=C1/CCCOc2cc(C(F)(F)F)ccc21. The summed E-state index contributed by atoms with van der Waals surface area (Å²) in [6.07, 6.45) is -3.41. The number of hydrogen-bond acceptors (Lipinski definition) is 2. The van der Waals surface area contributed by atoms with Gasteiger partial charge < -0.3 is 9.84 Å². The van der Waals surface area contributed by atoms with E-state index < -0.39 is 17.7 Å². The van der Waals surface area contributed by atoms with Gasteiger partial charge >= 0.3 is 12.1 Å². The Labute approximate surface area is 113 Å². The molecule has 0 atom stereocenters. The Hall–Kier alpha value is -1.98. The number of carboxylic acid groups (broad SMARTS) is 1. The zero-order valence-corrected chi connectivity index (χ0v) is 10.8. The van der Waals surface area contributed by atoms with Gasteiger partial charge in [-0.05, 0) is 37.5 Å². The molecule has 20 heavy (non-hydrogen) atoms. The number of carboxylic acids is 1. The van der Waals surface area contributed by atoms with Crippen LogP contribution in [0.5, 0.6) is 5.75 Å². The number of fused-ring (bicyclic) bond motifs is 1. The second kappa shape index (κ2) is 5.19. The number of allylic oxidation sites excluding steroid dienone is 1. The first kappa shape index (κ1) is 14.4. The molecule has 0 saturated heterocycles. The molecule has 1 aromatic rings. The quantitative estimate of drug-likeness (QED) is 0.800. The molecule has 0 saturated carbocycles. The topological polar surface area (TPSA) is 46.5 Å². The highest BCUT2D eigenvalue weighted by atomic mass is 19.4. The zero-order chi connectivity index (χ0) is 14.9. The van der Waals surface area contributed by atoms with Crippen LogP contribution in [0.25, 0.3) is 5.57 Å². The Morgan fingerprint density at radius 2 is 2.05 bits per heavy atom. The van der Waals surface area contributed by atoms with Gasteiger partial charge in [0.1, 0.15) is 5.75 Å². The minimum Gasteiger partial charge on any atom is -0.493 e. The van der Waals surface area contributed by atoms with Crippen molar-refractivity contribution in [1.29, 1.82) is 0 Å². The summed E-state index contributed by atoms with van der Waals surface area (Å²) in [5.41, 5.74) is 0.288. The Balaban J connectivity index is 2.57. The number of halogens is 3. The van der Waals surface area contributed by atoms with Crippen LogP contribution < -0.4 is 4.74 Å². The molecule has 0 amide bonds. The van der Waals surface area contributed by atoms with Gasteiger partial charge in [0.25, 0.3) is 0 Å². The molecule has 6 heteroatoms. The normalized spacial score (nSPS) is 17.8. The van der Waals surface area contributed by atoms with Gasteiger partial charge in [-0.25, -0.2) is 4.79 Å². The van der Waals surface area contributed by atoms with Crippen LogP contribution in [0.3, 0.4) is 0 Å². The fraction of sp³-hybridized carbons (Fsp3) is 0.357. The van der Waals surface area contributed by atoms with Crippen molar-refractivity contribution in [2.75, 3.05) is 6.61 Å². The molecular formula is C14H13F3O3. The Morgan fingerprint density at radius 3 is 2.65 bits per heavy atom. The molecule has 108 valence electrons. The van der Waals surface area contributed by atoms with Crippen molar-refractivity contribution in [3.63, 3.8) is 0 Å². The lowest BCUT2D eigenvalue weighted by molar-refractivity contribution is -0.137. The van der Waals surface area contributed by atoms with Crippen molar-refractivity contribution in [2.24, 2.45) is 0 Å². The van der Waals surface area contributed by atoms with Crippen LogP contribution in [0, 0.1) is 0 Å². The first-order chi connectivity index (χ1) is 9.30. The predicted octanol–water partition coefficient (Wildman–Crippen LogP) is 3.74. The number of aliphatic carboxylic acids is 1. The first-order valence-corrected chi connectivity index (χ1v) is 6.08. The van der Waals surface area contributed by atoms with Crippen molar-refractivity contribution in [3.8, 4) is 5.75 Å². The Bertz CT molecular complexity index is 574. The molecule has 0 fully saturated rings. The Morgan fingerprint density at radius 1 is 1.35 bits per heavy atom. The van der Waals surface area contributed by atoms with Crippen molar-refractivity contribution >= 4 is 11.5 Å². The lowest BCUT2D eigenvalue weighted by Gasteiger charge is -2.13. The molecule has 0 bridgehead atoms. The molecule has 1 N–H and O–H groups in total. The van der Waals surface area contributed by atoms with Crippen LogP contribution in [0.2, 0.25) is 0 Å². The van der Waals surface area contributed by atoms with E-state index >= 15 is 0 Å². The molecule has 1 aromatic carbocycles. The van der Waals surface area contributed by atoms with Gasteiger partial charge in [0.15, 0.2) is 0 Å². The van der Waals surface area contributed by atoms with Gasteiger partial charge in [-0.3, -0.25) is 0 Å². The zero-order valence-electron chi connectivity index (χ0n) is 10.8. The summed E-state index contributed by atoms with van der Waals surface area (Å²) in [5, 5.41) is 9.06. The minimum atomic E-state index is -4.45. The van der Waals surface area contributed by atoms with Crippen molar-refractivity contribution < 1.29 is 27.8 Å². The van der Waals surface area contributed by atoms with E-state index in [2.05, 4.69) is 0 Å². The summed E-state index contributed by atoms with van der Waals surface area (Å²) in [4.78, 5) is 11.1. The molecule has 1 aliphatic heterocycles. The first-order valence-electron chi connectivity index (χ1n) is 6.08. The van der Waals surface area contributed by atoms with E-state index in [4.69, 9.17) is 9.84 Å². The number of rotatable bonds is 1. The third-order valence-corrected chi connectivity index (χ3v) is 3.24. The molecule has 1 heterocycles. The molecule has 0 aromatic heterocycles. The van der Waals surface area contributed by atoms with Crippen LogP contribution in [-0.4, -0.2) is 17.7 Å². The van der Waals surface area contributed by atoms with E-state index in [1.54, 1.807) is 0 Å². The smallest absolute Gasteiger partial charge is 0.416 e. The van der Waals surface area contributed by atoms with Crippen LogP contribution in [0.1, 0.15) is 30.9 Å². The van der Waals surface area contributed by atoms with E-state index in [1.807, 2.05) is 0 Å². The number of benzene rings is 1. The van der Waals surface area contributed by atoms with Crippen molar-refractivity contribution in [2.45, 2.75) is 25.9 Å². The molecule has 0 unspecified atom stereocenters. The lowest BCUT2D eigenvalue weighted by Crippen LogP contribution is -2.06. The number of carbonyl (C=O) groups is 1. The third-order valence-electron chi connectivity index (χ3n) is 3.24. The van der Waals surface area contributed by atoms with E-state index in [0.29, 0.717) is 24.0 Å². The summed E-state index contributed by atoms with van der Waals surface area (Å²) in [6.45, 7) is 1.72. The van der Waals surface area contributed by atoms with Gasteiger partial charge in [-0.1, -0.05) is 6.07 Å². The highest BCUT2D eigenvalue weighted by Crippen LogP contribution is 2.39. The maximum absolute atomic E-state index is 12.7. The Kier molecular flexibility index (Phi) is 3.74. The van der Waals surface area contributed by atoms with Gasteiger partial charge in [-0.2, -0.15) is 13.2 Å². The van der Waals surface area contributed by atoms with Gasteiger partial charge in [0.05, 0.1) is 12.2 Å². The maximum Gasteiger partial charge on any atom is 0.416 e. The second-order valence-electron chi connectivity index (χ2n) is 4.57. The molecule has 0 radical (unpaired) electrons. The van der Waals surface area contributed by atoms with Crippen LogP contribution >= 0.6 is 0 Å². The van der Waals surface area contributed by atoms with Crippen LogP contribution in [0.4, 0.5) is 13.2 Å². The number of hydrogen-bond donors (Lipinski definition) is 1. The third kappa shape index (κ3) is 2.79. The number of alkyl halides is 3. The van der Waals surface area contributed by atoms with E-state index in [1.165, 1.54) is 13.0 Å². The summed E-state index contributed by atoms with van der Waals surface area (Å²) >= 11 is 0. The van der Waals surface area contributed by atoms with Crippen molar-refractivity contribution in [3.05, 3.63) is 34.9 Å². The molecule has 2 rings (SSSR count). The van der Waals surface area contributed by atoms with Crippen LogP contribution in [-0.2, 0) is 11.0 Å². The predicted molar refractivity (Wildman–Crippen MR) is 66.4 cm³/mol. The van der Waals surface area contributed by atoms with Crippen molar-refractivity contribution in [1.82, 2.24) is 0 Å². The maximum atomic E-state index is 12.7. The average Bonchev–Trinajstić information content (AvgIpc) is 2.58. The molecule has 1 aliphatic rings. The van der Waals surface area contributed by atoms with Gasteiger partial charge in [0.2, 0.25) is 0 Å². The highest BCUT2D eigenvalue weighted by molar-refractivity contribution is 5.96. The summed E-state index contributed by atoms with van der Waals surface area (Å²) < 4.78 is 43.4.